The summed E-state index contributed by atoms with van der Waals surface area (Å²) in [5.41, 5.74) is 6.94. The Kier molecular flexibility index (Phi) is 5.46. The highest BCUT2D eigenvalue weighted by molar-refractivity contribution is 5.26. The average molecular weight is 284 g/mol. The molecule has 5 heteroatoms. The molecule has 1 aromatic carbocycles. The molecule has 1 fully saturated rings. The van der Waals surface area contributed by atoms with Gasteiger partial charge in [-0.25, -0.2) is 8.78 Å². The van der Waals surface area contributed by atoms with Crippen molar-refractivity contribution >= 4 is 0 Å². The lowest BCUT2D eigenvalue weighted by Gasteiger charge is -2.37. The molecule has 2 N–H and O–H groups in total. The fourth-order valence-corrected chi connectivity index (χ4v) is 2.80. The number of rotatable bonds is 5. The Bertz CT molecular complexity index is 411. The third-order valence-corrected chi connectivity index (χ3v) is 3.98. The van der Waals surface area contributed by atoms with E-state index in [0.29, 0.717) is 6.54 Å². The molecule has 0 aliphatic carbocycles. The number of benzene rings is 1. The first-order valence-electron chi connectivity index (χ1n) is 7.00. The molecule has 1 aliphatic heterocycles. The highest BCUT2D eigenvalue weighted by Crippen LogP contribution is 2.27. The summed E-state index contributed by atoms with van der Waals surface area (Å²) in [5, 5.41) is 0. The van der Waals surface area contributed by atoms with E-state index in [2.05, 4.69) is 4.90 Å². The van der Waals surface area contributed by atoms with Crippen molar-refractivity contribution in [2.75, 3.05) is 26.7 Å². The molecule has 0 saturated carbocycles. The van der Waals surface area contributed by atoms with Crippen molar-refractivity contribution in [2.24, 2.45) is 5.73 Å². The predicted octanol–water partition coefficient (Wildman–Crippen LogP) is 2.73. The van der Waals surface area contributed by atoms with Gasteiger partial charge in [0.2, 0.25) is 0 Å². The molecule has 0 spiro atoms. The number of nitrogens with zero attached hydrogens (tertiary/aromatic N) is 1. The van der Waals surface area contributed by atoms with Crippen LogP contribution in [0.2, 0.25) is 0 Å². The smallest absolute Gasteiger partial charge is 0.263 e. The van der Waals surface area contributed by atoms with E-state index in [1.165, 1.54) is 12.1 Å². The van der Waals surface area contributed by atoms with E-state index in [1.807, 2.05) is 0 Å². The number of nitrogens with two attached hydrogens (primary N) is 1. The van der Waals surface area contributed by atoms with Crippen LogP contribution in [0.15, 0.2) is 24.3 Å². The minimum absolute atomic E-state index is 0.0536. The van der Waals surface area contributed by atoms with Crippen molar-refractivity contribution < 1.29 is 13.5 Å². The SMILES string of the molecule is COC1CCCN(C(CN)c2ccc(C(F)F)cc2)C1. The normalized spacial score (nSPS) is 22.1. The zero-order valence-electron chi connectivity index (χ0n) is 11.8. The monoisotopic (exact) mass is 284 g/mol. The van der Waals surface area contributed by atoms with Crippen LogP contribution in [0, 0.1) is 0 Å². The molecular weight excluding hydrogens is 262 g/mol. The summed E-state index contributed by atoms with van der Waals surface area (Å²) in [6.07, 6.45) is -0.0509. The van der Waals surface area contributed by atoms with Crippen LogP contribution in [0.4, 0.5) is 8.78 Å². The quantitative estimate of drug-likeness (QED) is 0.903. The molecule has 0 radical (unpaired) electrons. The number of ether oxygens (including phenoxy) is 1. The van der Waals surface area contributed by atoms with Crippen LogP contribution in [0.3, 0.4) is 0 Å². The maximum Gasteiger partial charge on any atom is 0.263 e. The number of methoxy groups -OCH3 is 1. The number of hydrogen-bond donors (Lipinski definition) is 1. The van der Waals surface area contributed by atoms with Crippen LogP contribution in [0.1, 0.15) is 36.4 Å². The van der Waals surface area contributed by atoms with Gasteiger partial charge in [-0.15, -0.1) is 0 Å². The van der Waals surface area contributed by atoms with Gasteiger partial charge in [-0.2, -0.15) is 0 Å². The molecule has 20 heavy (non-hydrogen) atoms. The highest BCUT2D eigenvalue weighted by Gasteiger charge is 2.26. The van der Waals surface area contributed by atoms with Crippen molar-refractivity contribution in [3.05, 3.63) is 35.4 Å². The number of piperidine rings is 1. The fourth-order valence-electron chi connectivity index (χ4n) is 2.80. The summed E-state index contributed by atoms with van der Waals surface area (Å²) in [5.74, 6) is 0. The van der Waals surface area contributed by atoms with Crippen molar-refractivity contribution in [1.29, 1.82) is 0 Å². The van der Waals surface area contributed by atoms with Gasteiger partial charge in [0.1, 0.15) is 0 Å². The summed E-state index contributed by atoms with van der Waals surface area (Å²) >= 11 is 0. The van der Waals surface area contributed by atoms with Crippen molar-refractivity contribution in [2.45, 2.75) is 31.4 Å². The maximum absolute atomic E-state index is 12.6. The molecule has 3 nitrogen and oxygen atoms in total. The molecule has 1 aliphatic rings. The van der Waals surface area contributed by atoms with Gasteiger partial charge in [-0.3, -0.25) is 4.90 Å². The second-order valence-corrected chi connectivity index (χ2v) is 5.21. The van der Waals surface area contributed by atoms with Crippen LogP contribution < -0.4 is 5.73 Å². The Labute approximate surface area is 118 Å². The summed E-state index contributed by atoms with van der Waals surface area (Å²) in [7, 11) is 1.73. The fraction of sp³-hybridized carbons (Fsp3) is 0.600. The van der Waals surface area contributed by atoms with Crippen LogP contribution in [-0.4, -0.2) is 37.7 Å². The van der Waals surface area contributed by atoms with E-state index < -0.39 is 6.43 Å². The number of likely N-dealkylation sites (tertiary alicyclic amines) is 1. The second kappa shape index (κ2) is 7.11. The molecule has 2 atom stereocenters. The van der Waals surface area contributed by atoms with Crippen molar-refractivity contribution in [3.63, 3.8) is 0 Å². The number of halogens is 2. The lowest BCUT2D eigenvalue weighted by atomic mass is 9.99. The van der Waals surface area contributed by atoms with Crippen molar-refractivity contribution in [1.82, 2.24) is 4.90 Å². The number of alkyl halides is 2. The molecular formula is C15H22F2N2O. The van der Waals surface area contributed by atoms with Gasteiger partial charge in [0.15, 0.2) is 0 Å². The van der Waals surface area contributed by atoms with Crippen LogP contribution in [0.5, 0.6) is 0 Å². The highest BCUT2D eigenvalue weighted by atomic mass is 19.3. The van der Waals surface area contributed by atoms with Gasteiger partial charge in [0.05, 0.1) is 6.10 Å². The second-order valence-electron chi connectivity index (χ2n) is 5.21. The summed E-state index contributed by atoms with van der Waals surface area (Å²) in [6.45, 7) is 2.29. The third kappa shape index (κ3) is 3.53. The van der Waals surface area contributed by atoms with Crippen molar-refractivity contribution in [3.8, 4) is 0 Å². The molecule has 0 aromatic heterocycles. The van der Waals surface area contributed by atoms with Crippen LogP contribution in [-0.2, 0) is 4.74 Å². The molecule has 0 amide bonds. The zero-order chi connectivity index (χ0) is 14.5. The Balaban J connectivity index is 2.10. The first kappa shape index (κ1) is 15.4. The Morgan fingerprint density at radius 1 is 1.30 bits per heavy atom. The standard InChI is InChI=1S/C15H22F2N2O/c1-20-13-3-2-8-19(10-13)14(9-18)11-4-6-12(7-5-11)15(16)17/h4-7,13-15H,2-3,8-10,18H2,1H3. The molecule has 1 aromatic rings. The van der Waals surface area contributed by atoms with E-state index in [4.69, 9.17) is 10.5 Å². The Morgan fingerprint density at radius 3 is 2.50 bits per heavy atom. The van der Waals surface area contributed by atoms with E-state index >= 15 is 0 Å². The van der Waals surface area contributed by atoms with E-state index in [0.717, 1.165) is 31.5 Å². The largest absolute Gasteiger partial charge is 0.380 e. The van der Waals surface area contributed by atoms with Gasteiger partial charge in [-0.05, 0) is 24.9 Å². The minimum atomic E-state index is -2.42. The molecule has 2 rings (SSSR count). The van der Waals surface area contributed by atoms with E-state index in [9.17, 15) is 8.78 Å². The van der Waals surface area contributed by atoms with Crippen LogP contribution >= 0.6 is 0 Å². The first-order valence-corrected chi connectivity index (χ1v) is 7.00. The van der Waals surface area contributed by atoms with Gasteiger partial charge < -0.3 is 10.5 Å². The average Bonchev–Trinajstić information content (AvgIpc) is 2.49. The third-order valence-electron chi connectivity index (χ3n) is 3.98. The van der Waals surface area contributed by atoms with Crippen LogP contribution in [0.25, 0.3) is 0 Å². The minimum Gasteiger partial charge on any atom is -0.380 e. The maximum atomic E-state index is 12.6. The summed E-state index contributed by atoms with van der Waals surface area (Å²) in [4.78, 5) is 2.29. The summed E-state index contributed by atoms with van der Waals surface area (Å²) < 4.78 is 30.6. The van der Waals surface area contributed by atoms with Gasteiger partial charge in [0.25, 0.3) is 6.43 Å². The number of hydrogen-bond acceptors (Lipinski definition) is 3. The van der Waals surface area contributed by atoms with E-state index in [-0.39, 0.29) is 17.7 Å². The summed E-state index contributed by atoms with van der Waals surface area (Å²) in [6, 6.07) is 6.56. The molecule has 1 heterocycles. The van der Waals surface area contributed by atoms with Gasteiger partial charge >= 0.3 is 0 Å². The lowest BCUT2D eigenvalue weighted by Crippen LogP contribution is -2.43. The topological polar surface area (TPSA) is 38.5 Å². The van der Waals surface area contributed by atoms with Gasteiger partial charge in [-0.1, -0.05) is 24.3 Å². The predicted molar refractivity (Wildman–Crippen MR) is 74.8 cm³/mol. The molecule has 112 valence electrons. The Morgan fingerprint density at radius 2 is 1.95 bits per heavy atom. The zero-order valence-corrected chi connectivity index (χ0v) is 11.8. The first-order chi connectivity index (χ1) is 9.65. The lowest BCUT2D eigenvalue weighted by molar-refractivity contribution is 0.0155. The van der Waals surface area contributed by atoms with Gasteiger partial charge in [0, 0.05) is 31.8 Å². The Hall–Kier alpha value is -1.04. The van der Waals surface area contributed by atoms with E-state index in [1.54, 1.807) is 19.2 Å². The molecule has 2 unspecified atom stereocenters. The molecule has 1 saturated heterocycles. The molecule has 0 bridgehead atoms.